The lowest BCUT2D eigenvalue weighted by molar-refractivity contribution is -0.137. The summed E-state index contributed by atoms with van der Waals surface area (Å²) in [5.41, 5.74) is 3.47. The molecule has 2 rings (SSSR count). The third-order valence-electron chi connectivity index (χ3n) is 3.18. The highest BCUT2D eigenvalue weighted by atomic mass is 16.4. The summed E-state index contributed by atoms with van der Waals surface area (Å²) in [5, 5.41) is 13.2. The monoisotopic (exact) mass is 208 g/mol. The number of carboxylic acids is 1. The SMILES string of the molecule is Cc1nn(C)c2c1CCCC2CC(=O)O. The van der Waals surface area contributed by atoms with Gasteiger partial charge < -0.3 is 5.11 Å². The molecule has 1 heterocycles. The molecule has 1 aromatic rings. The number of hydrogen-bond acceptors (Lipinski definition) is 2. The highest BCUT2D eigenvalue weighted by Crippen LogP contribution is 2.34. The molecule has 1 aromatic heterocycles. The summed E-state index contributed by atoms with van der Waals surface area (Å²) in [6, 6.07) is 0. The summed E-state index contributed by atoms with van der Waals surface area (Å²) in [5.74, 6) is -0.566. The van der Waals surface area contributed by atoms with Crippen molar-refractivity contribution in [3.8, 4) is 0 Å². The van der Waals surface area contributed by atoms with Gasteiger partial charge in [-0.05, 0) is 31.7 Å². The molecule has 4 heteroatoms. The summed E-state index contributed by atoms with van der Waals surface area (Å²) < 4.78 is 1.86. The van der Waals surface area contributed by atoms with Crippen molar-refractivity contribution >= 4 is 5.97 Å². The second kappa shape index (κ2) is 3.68. The number of fused-ring (bicyclic) bond motifs is 1. The second-order valence-corrected chi connectivity index (χ2v) is 4.26. The molecule has 0 bridgehead atoms. The van der Waals surface area contributed by atoms with Gasteiger partial charge >= 0.3 is 5.97 Å². The topological polar surface area (TPSA) is 55.1 Å². The van der Waals surface area contributed by atoms with Crippen LogP contribution < -0.4 is 0 Å². The number of aliphatic carboxylic acids is 1. The zero-order valence-corrected chi connectivity index (χ0v) is 9.16. The summed E-state index contributed by atoms with van der Waals surface area (Å²) in [6.45, 7) is 2.00. The average Bonchev–Trinajstić information content (AvgIpc) is 2.43. The first-order chi connectivity index (χ1) is 7.09. The predicted octanol–water partition coefficient (Wildman–Crippen LogP) is 1.62. The molecule has 0 saturated carbocycles. The Morgan fingerprint density at radius 1 is 1.67 bits per heavy atom. The first kappa shape index (κ1) is 10.2. The molecule has 1 unspecified atom stereocenters. The fourth-order valence-electron chi connectivity index (χ4n) is 2.61. The molecule has 0 aromatic carbocycles. The summed E-state index contributed by atoms with van der Waals surface area (Å²) in [4.78, 5) is 10.8. The van der Waals surface area contributed by atoms with Crippen LogP contribution in [0.1, 0.15) is 42.1 Å². The Hall–Kier alpha value is -1.32. The van der Waals surface area contributed by atoms with E-state index < -0.39 is 5.97 Å². The summed E-state index contributed by atoms with van der Waals surface area (Å²) in [7, 11) is 1.91. The van der Waals surface area contributed by atoms with E-state index in [-0.39, 0.29) is 12.3 Å². The van der Waals surface area contributed by atoms with Crippen molar-refractivity contribution in [2.45, 2.75) is 38.5 Å². The van der Waals surface area contributed by atoms with Crippen molar-refractivity contribution in [1.29, 1.82) is 0 Å². The van der Waals surface area contributed by atoms with Crippen molar-refractivity contribution in [3.63, 3.8) is 0 Å². The lowest BCUT2D eigenvalue weighted by atomic mass is 9.85. The van der Waals surface area contributed by atoms with Gasteiger partial charge in [0.25, 0.3) is 0 Å². The lowest BCUT2D eigenvalue weighted by Gasteiger charge is -2.22. The maximum Gasteiger partial charge on any atom is 0.304 e. The largest absolute Gasteiger partial charge is 0.481 e. The molecule has 82 valence electrons. The first-order valence-corrected chi connectivity index (χ1v) is 5.33. The van der Waals surface area contributed by atoms with Crippen molar-refractivity contribution in [1.82, 2.24) is 9.78 Å². The van der Waals surface area contributed by atoms with Crippen LogP contribution in [0.25, 0.3) is 0 Å². The van der Waals surface area contributed by atoms with E-state index in [1.54, 1.807) is 0 Å². The zero-order chi connectivity index (χ0) is 11.0. The van der Waals surface area contributed by atoms with Crippen LogP contribution in [0.2, 0.25) is 0 Å². The van der Waals surface area contributed by atoms with Crippen LogP contribution in [0.15, 0.2) is 0 Å². The molecule has 1 aliphatic rings. The Morgan fingerprint density at radius 3 is 3.07 bits per heavy atom. The minimum atomic E-state index is -0.716. The van der Waals surface area contributed by atoms with Gasteiger partial charge in [0.15, 0.2) is 0 Å². The third kappa shape index (κ3) is 1.76. The molecule has 0 fully saturated rings. The van der Waals surface area contributed by atoms with Crippen LogP contribution in [0.5, 0.6) is 0 Å². The third-order valence-corrected chi connectivity index (χ3v) is 3.18. The maximum absolute atomic E-state index is 10.8. The Labute approximate surface area is 88.9 Å². The highest BCUT2D eigenvalue weighted by molar-refractivity contribution is 5.68. The van der Waals surface area contributed by atoms with Gasteiger partial charge in [-0.3, -0.25) is 9.48 Å². The highest BCUT2D eigenvalue weighted by Gasteiger charge is 2.27. The van der Waals surface area contributed by atoms with E-state index >= 15 is 0 Å². The Kier molecular flexibility index (Phi) is 2.50. The van der Waals surface area contributed by atoms with Crippen LogP contribution >= 0.6 is 0 Å². The van der Waals surface area contributed by atoms with Gasteiger partial charge in [-0.2, -0.15) is 5.10 Å². The van der Waals surface area contributed by atoms with E-state index in [1.165, 1.54) is 5.56 Å². The lowest BCUT2D eigenvalue weighted by Crippen LogP contribution is -2.16. The predicted molar refractivity (Wildman–Crippen MR) is 55.9 cm³/mol. The number of hydrogen-bond donors (Lipinski definition) is 1. The van der Waals surface area contributed by atoms with E-state index in [4.69, 9.17) is 5.11 Å². The van der Waals surface area contributed by atoms with Crippen molar-refractivity contribution < 1.29 is 9.90 Å². The van der Waals surface area contributed by atoms with Gasteiger partial charge in [0.2, 0.25) is 0 Å². The molecule has 1 aliphatic carbocycles. The molecule has 1 N–H and O–H groups in total. The molecule has 15 heavy (non-hydrogen) atoms. The van der Waals surface area contributed by atoms with Gasteiger partial charge in [0, 0.05) is 18.7 Å². The number of aryl methyl sites for hydroxylation is 2. The summed E-state index contributed by atoms with van der Waals surface area (Å²) in [6.07, 6.45) is 3.33. The van der Waals surface area contributed by atoms with Gasteiger partial charge in [-0.1, -0.05) is 0 Å². The smallest absolute Gasteiger partial charge is 0.304 e. The van der Waals surface area contributed by atoms with Crippen molar-refractivity contribution in [3.05, 3.63) is 17.0 Å². The van der Waals surface area contributed by atoms with Crippen molar-refractivity contribution in [2.24, 2.45) is 7.05 Å². The number of nitrogens with zero attached hydrogens (tertiary/aromatic N) is 2. The molecule has 0 saturated heterocycles. The van der Waals surface area contributed by atoms with Crippen LogP contribution in [-0.4, -0.2) is 20.9 Å². The quantitative estimate of drug-likeness (QED) is 0.803. The number of carboxylic acid groups (broad SMARTS) is 1. The van der Waals surface area contributed by atoms with E-state index in [0.717, 1.165) is 30.7 Å². The van der Waals surface area contributed by atoms with E-state index in [9.17, 15) is 4.79 Å². The zero-order valence-electron chi connectivity index (χ0n) is 9.16. The molecule has 0 radical (unpaired) electrons. The van der Waals surface area contributed by atoms with E-state index in [2.05, 4.69) is 5.10 Å². The van der Waals surface area contributed by atoms with Crippen molar-refractivity contribution in [2.75, 3.05) is 0 Å². The number of aromatic nitrogens is 2. The molecule has 0 spiro atoms. The van der Waals surface area contributed by atoms with Gasteiger partial charge in [0.1, 0.15) is 0 Å². The second-order valence-electron chi connectivity index (χ2n) is 4.26. The van der Waals surface area contributed by atoms with E-state index in [1.807, 2.05) is 18.7 Å². The minimum Gasteiger partial charge on any atom is -0.481 e. The normalized spacial score (nSPS) is 20.0. The van der Waals surface area contributed by atoms with Crippen LogP contribution in [0.4, 0.5) is 0 Å². The standard InChI is InChI=1S/C11H16N2O2/c1-7-9-5-3-4-8(6-10(14)15)11(9)13(2)12-7/h8H,3-6H2,1-2H3,(H,14,15). The Balaban J connectivity index is 2.37. The molecular weight excluding hydrogens is 192 g/mol. The van der Waals surface area contributed by atoms with Crippen LogP contribution in [0, 0.1) is 6.92 Å². The average molecular weight is 208 g/mol. The van der Waals surface area contributed by atoms with Crippen LogP contribution in [-0.2, 0) is 18.3 Å². The first-order valence-electron chi connectivity index (χ1n) is 5.33. The number of carbonyl (C=O) groups is 1. The van der Waals surface area contributed by atoms with Gasteiger partial charge in [0.05, 0.1) is 12.1 Å². The molecule has 0 amide bonds. The number of rotatable bonds is 2. The Bertz CT molecular complexity index is 396. The molecule has 4 nitrogen and oxygen atoms in total. The molecule has 1 atom stereocenters. The maximum atomic E-state index is 10.8. The van der Waals surface area contributed by atoms with Gasteiger partial charge in [-0.25, -0.2) is 0 Å². The van der Waals surface area contributed by atoms with E-state index in [0.29, 0.717) is 0 Å². The van der Waals surface area contributed by atoms with Gasteiger partial charge in [-0.15, -0.1) is 0 Å². The molecular formula is C11H16N2O2. The fourth-order valence-corrected chi connectivity index (χ4v) is 2.61. The molecule has 0 aliphatic heterocycles. The fraction of sp³-hybridized carbons (Fsp3) is 0.636. The summed E-state index contributed by atoms with van der Waals surface area (Å²) >= 11 is 0. The Morgan fingerprint density at radius 2 is 2.40 bits per heavy atom. The van der Waals surface area contributed by atoms with Crippen LogP contribution in [0.3, 0.4) is 0 Å². The minimum absolute atomic E-state index is 0.150.